The maximum atomic E-state index is 11.8. The highest BCUT2D eigenvalue weighted by atomic mass is 35.5. The molecule has 7 heteroatoms. The fourth-order valence-electron chi connectivity index (χ4n) is 2.02. The Balaban J connectivity index is 2.44. The van der Waals surface area contributed by atoms with Crippen molar-refractivity contribution in [3.05, 3.63) is 24.3 Å². The molecule has 1 fully saturated rings. The van der Waals surface area contributed by atoms with Crippen molar-refractivity contribution >= 4 is 33.3 Å². The van der Waals surface area contributed by atoms with Crippen molar-refractivity contribution < 1.29 is 17.8 Å². The second kappa shape index (κ2) is 4.87. The van der Waals surface area contributed by atoms with E-state index in [0.717, 1.165) is 0 Å². The van der Waals surface area contributed by atoms with Gasteiger partial charge in [0.15, 0.2) is 0 Å². The number of nitrogens with zero attached hydrogens (tertiary/aromatic N) is 1. The Bertz CT molecular complexity index is 572. The minimum Gasteiger partial charge on any atom is -0.311 e. The maximum absolute atomic E-state index is 11.8. The standard InChI is InChI=1S/C11H12ClNO4S/c12-6-8-5-11(14)13(7-8)9-3-1-2-4-10(9)18(15,16)17/h1-4,8H,5-7H2,(H,15,16,17). The molecule has 1 N–H and O–H groups in total. The van der Waals surface area contributed by atoms with Crippen LogP contribution in [0.15, 0.2) is 29.2 Å². The summed E-state index contributed by atoms with van der Waals surface area (Å²) in [5, 5.41) is 0. The van der Waals surface area contributed by atoms with E-state index in [1.54, 1.807) is 6.07 Å². The van der Waals surface area contributed by atoms with Crippen LogP contribution in [0.25, 0.3) is 0 Å². The zero-order valence-electron chi connectivity index (χ0n) is 9.41. The van der Waals surface area contributed by atoms with E-state index in [0.29, 0.717) is 18.8 Å². The predicted molar refractivity (Wildman–Crippen MR) is 67.4 cm³/mol. The number of rotatable bonds is 3. The van der Waals surface area contributed by atoms with Crippen LogP contribution in [0.5, 0.6) is 0 Å². The van der Waals surface area contributed by atoms with Crippen molar-refractivity contribution in [1.82, 2.24) is 0 Å². The van der Waals surface area contributed by atoms with Gasteiger partial charge in [0, 0.05) is 18.8 Å². The van der Waals surface area contributed by atoms with Crippen LogP contribution in [0, 0.1) is 5.92 Å². The van der Waals surface area contributed by atoms with Crippen LogP contribution < -0.4 is 4.90 Å². The van der Waals surface area contributed by atoms with Crippen molar-refractivity contribution in [2.75, 3.05) is 17.3 Å². The molecule has 98 valence electrons. The molecule has 2 rings (SSSR count). The summed E-state index contributed by atoms with van der Waals surface area (Å²) in [5.74, 6) is 0.168. The molecule has 1 unspecified atom stereocenters. The Hall–Kier alpha value is -1.11. The van der Waals surface area contributed by atoms with Gasteiger partial charge >= 0.3 is 0 Å². The van der Waals surface area contributed by atoms with Gasteiger partial charge in [-0.2, -0.15) is 8.42 Å². The first-order valence-electron chi connectivity index (χ1n) is 5.36. The van der Waals surface area contributed by atoms with Gasteiger partial charge in [-0.15, -0.1) is 11.6 Å². The zero-order valence-corrected chi connectivity index (χ0v) is 11.0. The molecule has 1 amide bonds. The van der Waals surface area contributed by atoms with Crippen LogP contribution in [0.1, 0.15) is 6.42 Å². The number of hydrogen-bond acceptors (Lipinski definition) is 3. The minimum absolute atomic E-state index is 0.00798. The van der Waals surface area contributed by atoms with Gasteiger partial charge in [-0.3, -0.25) is 9.35 Å². The predicted octanol–water partition coefficient (Wildman–Crippen LogP) is 1.53. The topological polar surface area (TPSA) is 74.7 Å². The number of carbonyl (C=O) groups excluding carboxylic acids is 1. The van der Waals surface area contributed by atoms with Crippen molar-refractivity contribution in [1.29, 1.82) is 0 Å². The van der Waals surface area contributed by atoms with Crippen molar-refractivity contribution in [2.24, 2.45) is 5.92 Å². The first kappa shape index (κ1) is 13.3. The first-order valence-corrected chi connectivity index (χ1v) is 7.34. The molecule has 1 heterocycles. The number of halogens is 1. The van der Waals surface area contributed by atoms with Gasteiger partial charge in [-0.25, -0.2) is 0 Å². The molecule has 1 aliphatic heterocycles. The number of hydrogen-bond donors (Lipinski definition) is 1. The number of anilines is 1. The lowest BCUT2D eigenvalue weighted by molar-refractivity contribution is -0.117. The Morgan fingerprint density at radius 1 is 1.39 bits per heavy atom. The summed E-state index contributed by atoms with van der Waals surface area (Å²) < 4.78 is 31.7. The molecule has 1 saturated heterocycles. The molecule has 1 aliphatic rings. The van der Waals surface area contributed by atoms with E-state index < -0.39 is 10.1 Å². The SMILES string of the molecule is O=C1CC(CCl)CN1c1ccccc1S(=O)(=O)O. The third kappa shape index (κ3) is 2.50. The van der Waals surface area contributed by atoms with E-state index in [-0.39, 0.29) is 22.4 Å². The molecule has 0 aromatic heterocycles. The average Bonchev–Trinajstić information content (AvgIpc) is 2.69. The maximum Gasteiger partial charge on any atom is 0.296 e. The summed E-state index contributed by atoms with van der Waals surface area (Å²) >= 11 is 5.71. The van der Waals surface area contributed by atoms with E-state index in [1.807, 2.05) is 0 Å². The Morgan fingerprint density at radius 2 is 2.06 bits per heavy atom. The summed E-state index contributed by atoms with van der Waals surface area (Å²) in [5.41, 5.74) is 0.206. The Labute approximate surface area is 110 Å². The molecule has 0 saturated carbocycles. The molecule has 0 aliphatic carbocycles. The minimum atomic E-state index is -4.35. The van der Waals surface area contributed by atoms with Crippen LogP contribution in [-0.2, 0) is 14.9 Å². The lowest BCUT2D eigenvalue weighted by atomic mass is 10.1. The molecule has 18 heavy (non-hydrogen) atoms. The lowest BCUT2D eigenvalue weighted by Crippen LogP contribution is -2.26. The van der Waals surface area contributed by atoms with E-state index in [4.69, 9.17) is 16.2 Å². The van der Waals surface area contributed by atoms with E-state index in [1.165, 1.54) is 23.1 Å². The Kier molecular flexibility index (Phi) is 3.61. The number of benzene rings is 1. The fraction of sp³-hybridized carbons (Fsp3) is 0.364. The van der Waals surface area contributed by atoms with Crippen molar-refractivity contribution in [2.45, 2.75) is 11.3 Å². The van der Waals surface area contributed by atoms with Gasteiger partial charge < -0.3 is 4.90 Å². The van der Waals surface area contributed by atoms with Crippen molar-refractivity contribution in [3.63, 3.8) is 0 Å². The number of alkyl halides is 1. The second-order valence-electron chi connectivity index (χ2n) is 4.17. The largest absolute Gasteiger partial charge is 0.311 e. The number of amides is 1. The van der Waals surface area contributed by atoms with Crippen LogP contribution in [0.2, 0.25) is 0 Å². The lowest BCUT2D eigenvalue weighted by Gasteiger charge is -2.18. The first-order chi connectivity index (χ1) is 8.43. The fourth-order valence-corrected chi connectivity index (χ4v) is 2.92. The van der Waals surface area contributed by atoms with Gasteiger partial charge in [0.25, 0.3) is 10.1 Å². The molecular formula is C11H12ClNO4S. The summed E-state index contributed by atoms with van der Waals surface area (Å²) in [7, 11) is -4.35. The molecule has 0 spiro atoms. The highest BCUT2D eigenvalue weighted by Crippen LogP contribution is 2.30. The van der Waals surface area contributed by atoms with Gasteiger partial charge in [-0.05, 0) is 18.1 Å². The monoisotopic (exact) mass is 289 g/mol. The van der Waals surface area contributed by atoms with Crippen LogP contribution in [-0.4, -0.2) is 31.3 Å². The summed E-state index contributed by atoms with van der Waals surface area (Å²) in [6, 6.07) is 5.88. The van der Waals surface area contributed by atoms with E-state index in [9.17, 15) is 13.2 Å². The molecule has 5 nitrogen and oxygen atoms in total. The number of para-hydroxylation sites is 1. The smallest absolute Gasteiger partial charge is 0.296 e. The molecular weight excluding hydrogens is 278 g/mol. The van der Waals surface area contributed by atoms with Gasteiger partial charge in [0.1, 0.15) is 4.90 Å². The summed E-state index contributed by atoms with van der Waals surface area (Å²) in [6.07, 6.45) is 0.295. The van der Waals surface area contributed by atoms with Gasteiger partial charge in [-0.1, -0.05) is 12.1 Å². The highest BCUT2D eigenvalue weighted by molar-refractivity contribution is 7.86. The quantitative estimate of drug-likeness (QED) is 0.676. The molecule has 1 aromatic rings. The van der Waals surface area contributed by atoms with E-state index in [2.05, 4.69) is 0 Å². The average molecular weight is 290 g/mol. The molecule has 0 radical (unpaired) electrons. The van der Waals surface area contributed by atoms with Gasteiger partial charge in [0.2, 0.25) is 5.91 Å². The van der Waals surface area contributed by atoms with Gasteiger partial charge in [0.05, 0.1) is 5.69 Å². The van der Waals surface area contributed by atoms with Crippen LogP contribution in [0.4, 0.5) is 5.69 Å². The zero-order chi connectivity index (χ0) is 13.3. The van der Waals surface area contributed by atoms with Crippen LogP contribution >= 0.6 is 11.6 Å². The van der Waals surface area contributed by atoms with Crippen molar-refractivity contribution in [3.8, 4) is 0 Å². The molecule has 1 atom stereocenters. The third-order valence-corrected chi connectivity index (χ3v) is 4.19. The summed E-state index contributed by atoms with van der Waals surface area (Å²) in [4.78, 5) is 12.9. The highest BCUT2D eigenvalue weighted by Gasteiger charge is 2.32. The normalized spacial score (nSPS) is 20.4. The van der Waals surface area contributed by atoms with E-state index >= 15 is 0 Å². The number of carbonyl (C=O) groups is 1. The van der Waals surface area contributed by atoms with Crippen LogP contribution in [0.3, 0.4) is 0 Å². The summed E-state index contributed by atoms with van der Waals surface area (Å²) in [6.45, 7) is 0.370. The second-order valence-corrected chi connectivity index (χ2v) is 5.87. The molecule has 1 aromatic carbocycles. The third-order valence-electron chi connectivity index (χ3n) is 2.86. The molecule has 0 bridgehead atoms. The Morgan fingerprint density at radius 3 is 2.61 bits per heavy atom.